The second-order valence-electron chi connectivity index (χ2n) is 6.70. The van der Waals surface area contributed by atoms with Gasteiger partial charge in [0.15, 0.2) is 0 Å². The molecule has 7 heteroatoms. The molecule has 0 heterocycles. The minimum Gasteiger partial charge on any atom is -0.200 e. The zero-order valence-electron chi connectivity index (χ0n) is 15.0. The summed E-state index contributed by atoms with van der Waals surface area (Å²) in [4.78, 5) is -0.155. The van der Waals surface area contributed by atoms with Crippen molar-refractivity contribution in [2.24, 2.45) is 0 Å². The maximum Gasteiger partial charge on any atom is 0.277 e. The molecule has 1 aliphatic carbocycles. The van der Waals surface area contributed by atoms with E-state index in [2.05, 4.69) is 0 Å². The van der Waals surface area contributed by atoms with E-state index >= 15 is 0 Å². The molecule has 4 rings (SSSR count). The van der Waals surface area contributed by atoms with E-state index < -0.39 is 20.0 Å². The first-order valence-electron chi connectivity index (χ1n) is 8.91. The van der Waals surface area contributed by atoms with Crippen LogP contribution < -0.4 is 3.71 Å². The van der Waals surface area contributed by atoms with Crippen molar-refractivity contribution in [2.45, 2.75) is 28.6 Å². The van der Waals surface area contributed by atoms with Crippen molar-refractivity contribution in [3.63, 3.8) is 0 Å². The van der Waals surface area contributed by atoms with Crippen LogP contribution in [0.1, 0.15) is 24.3 Å². The Morgan fingerprint density at radius 1 is 0.643 bits per heavy atom. The quantitative estimate of drug-likeness (QED) is 0.609. The highest BCUT2D eigenvalue weighted by atomic mass is 32.3. The number of hydrogen-bond acceptors (Lipinski definition) is 4. The molecule has 0 spiro atoms. The maximum atomic E-state index is 13.4. The minimum absolute atomic E-state index is 0.0775. The third-order valence-corrected chi connectivity index (χ3v) is 8.86. The average Bonchev–Trinajstić information content (AvgIpc) is 3.55. The monoisotopic (exact) mass is 413 g/mol. The second-order valence-corrected chi connectivity index (χ2v) is 10.5. The first-order chi connectivity index (χ1) is 13.4. The van der Waals surface area contributed by atoms with E-state index in [-0.39, 0.29) is 15.5 Å². The van der Waals surface area contributed by atoms with Gasteiger partial charge < -0.3 is 0 Å². The van der Waals surface area contributed by atoms with Crippen LogP contribution in [-0.2, 0) is 20.0 Å². The minimum atomic E-state index is -4.34. The van der Waals surface area contributed by atoms with Crippen molar-refractivity contribution in [2.75, 3.05) is 3.71 Å². The second kappa shape index (κ2) is 7.07. The molecule has 0 unspecified atom stereocenters. The van der Waals surface area contributed by atoms with Gasteiger partial charge in [0.2, 0.25) is 0 Å². The molecule has 0 amide bonds. The normalized spacial score (nSPS) is 14.6. The average molecular weight is 414 g/mol. The molecule has 0 saturated heterocycles. The predicted octanol–water partition coefficient (Wildman–Crippen LogP) is 4.15. The van der Waals surface area contributed by atoms with Crippen LogP contribution in [0.15, 0.2) is 94.7 Å². The Labute approximate surface area is 165 Å². The van der Waals surface area contributed by atoms with Gasteiger partial charge in [-0.05, 0) is 60.7 Å². The predicted molar refractivity (Wildman–Crippen MR) is 108 cm³/mol. The van der Waals surface area contributed by atoms with E-state index in [0.717, 1.165) is 18.4 Å². The molecular formula is C21H19NO4S2. The van der Waals surface area contributed by atoms with Gasteiger partial charge in [0.25, 0.3) is 20.0 Å². The maximum absolute atomic E-state index is 13.4. The lowest BCUT2D eigenvalue weighted by atomic mass is 10.1. The van der Waals surface area contributed by atoms with Crippen molar-refractivity contribution in [1.82, 2.24) is 0 Å². The van der Waals surface area contributed by atoms with Gasteiger partial charge in [-0.15, -0.1) is 0 Å². The highest BCUT2D eigenvalue weighted by molar-refractivity contribution is 8.10. The Kier molecular flexibility index (Phi) is 4.72. The number of anilines is 1. The highest BCUT2D eigenvalue weighted by Crippen LogP contribution is 2.42. The summed E-state index contributed by atoms with van der Waals surface area (Å²) in [6.45, 7) is 0. The van der Waals surface area contributed by atoms with Crippen LogP contribution in [0, 0.1) is 0 Å². The molecule has 1 aliphatic rings. The first-order valence-corrected chi connectivity index (χ1v) is 11.8. The van der Waals surface area contributed by atoms with Crippen LogP contribution in [0.2, 0.25) is 0 Å². The molecule has 0 aliphatic heterocycles. The summed E-state index contributed by atoms with van der Waals surface area (Å²) in [6, 6.07) is 22.0. The van der Waals surface area contributed by atoms with E-state index in [1.54, 1.807) is 48.5 Å². The Balaban J connectivity index is 1.93. The van der Waals surface area contributed by atoms with Gasteiger partial charge in [0.05, 0.1) is 15.5 Å². The number of benzene rings is 3. The summed E-state index contributed by atoms with van der Waals surface area (Å²) in [5, 5.41) is 0. The summed E-state index contributed by atoms with van der Waals surface area (Å²) in [5.41, 5.74) is 1.08. The third-order valence-electron chi connectivity index (χ3n) is 4.65. The summed E-state index contributed by atoms with van der Waals surface area (Å²) in [7, 11) is -8.67. The zero-order chi connectivity index (χ0) is 19.8. The smallest absolute Gasteiger partial charge is 0.200 e. The Morgan fingerprint density at radius 2 is 1.14 bits per heavy atom. The van der Waals surface area contributed by atoms with Crippen molar-refractivity contribution in [1.29, 1.82) is 0 Å². The first kappa shape index (κ1) is 18.7. The van der Waals surface area contributed by atoms with Crippen LogP contribution in [0.5, 0.6) is 0 Å². The summed E-state index contributed by atoms with van der Waals surface area (Å²) in [5.74, 6) is 0.362. The van der Waals surface area contributed by atoms with Gasteiger partial charge >= 0.3 is 0 Å². The fourth-order valence-corrected chi connectivity index (χ4v) is 6.81. The molecule has 144 valence electrons. The Bertz CT molecular complexity index is 1120. The van der Waals surface area contributed by atoms with Crippen molar-refractivity contribution in [3.05, 3.63) is 90.5 Å². The van der Waals surface area contributed by atoms with Crippen molar-refractivity contribution >= 4 is 25.7 Å². The number of hydrogen-bond donors (Lipinski definition) is 0. The molecule has 0 bridgehead atoms. The van der Waals surface area contributed by atoms with Gasteiger partial charge in [-0.3, -0.25) is 0 Å². The molecule has 28 heavy (non-hydrogen) atoms. The molecular weight excluding hydrogens is 394 g/mol. The molecule has 1 saturated carbocycles. The Morgan fingerprint density at radius 3 is 1.61 bits per heavy atom. The third kappa shape index (κ3) is 3.43. The van der Waals surface area contributed by atoms with E-state index in [9.17, 15) is 16.8 Å². The van der Waals surface area contributed by atoms with Crippen molar-refractivity contribution < 1.29 is 16.8 Å². The highest BCUT2D eigenvalue weighted by Gasteiger charge is 2.37. The summed E-state index contributed by atoms with van der Waals surface area (Å²) in [6.07, 6.45) is 2.06. The fourth-order valence-electron chi connectivity index (χ4n) is 3.09. The molecule has 3 aromatic rings. The molecule has 0 N–H and O–H groups in total. The lowest BCUT2D eigenvalue weighted by Crippen LogP contribution is -2.37. The molecule has 0 radical (unpaired) electrons. The molecule has 1 fully saturated rings. The van der Waals surface area contributed by atoms with Crippen LogP contribution in [-0.4, -0.2) is 16.8 Å². The van der Waals surface area contributed by atoms with Gasteiger partial charge in [-0.25, -0.2) is 16.8 Å². The Hall–Kier alpha value is -2.64. The number of rotatable bonds is 6. The van der Waals surface area contributed by atoms with Crippen LogP contribution in [0.4, 0.5) is 5.69 Å². The fraction of sp³-hybridized carbons (Fsp3) is 0.143. The number of nitrogens with zero attached hydrogens (tertiary/aromatic N) is 1. The van der Waals surface area contributed by atoms with Gasteiger partial charge in [0.1, 0.15) is 0 Å². The lowest BCUT2D eigenvalue weighted by Gasteiger charge is -2.24. The van der Waals surface area contributed by atoms with Gasteiger partial charge in [-0.2, -0.15) is 3.71 Å². The summed E-state index contributed by atoms with van der Waals surface area (Å²) < 4.78 is 54.1. The molecule has 0 aromatic heterocycles. The number of sulfonamides is 2. The summed E-state index contributed by atoms with van der Waals surface area (Å²) >= 11 is 0. The van der Waals surface area contributed by atoms with Crippen molar-refractivity contribution in [3.8, 4) is 0 Å². The van der Waals surface area contributed by atoms with E-state index in [4.69, 9.17) is 0 Å². The SMILES string of the molecule is O=S(=O)(c1ccccc1)N(c1cccc(C2CC2)c1)S(=O)(=O)c1ccccc1. The van der Waals surface area contributed by atoms with E-state index in [1.165, 1.54) is 30.3 Å². The largest absolute Gasteiger partial charge is 0.277 e. The molecule has 5 nitrogen and oxygen atoms in total. The standard InChI is InChI=1S/C21H19NO4S2/c23-27(24,20-10-3-1-4-11-20)22(28(25,26)21-12-5-2-6-13-21)19-9-7-8-18(16-19)17-14-15-17/h1-13,16-17H,14-15H2. The van der Waals surface area contributed by atoms with Crippen LogP contribution >= 0.6 is 0 Å². The molecule has 0 atom stereocenters. The molecule has 3 aromatic carbocycles. The topological polar surface area (TPSA) is 71.5 Å². The van der Waals surface area contributed by atoms with Crippen LogP contribution in [0.25, 0.3) is 0 Å². The van der Waals surface area contributed by atoms with E-state index in [1.807, 2.05) is 6.07 Å². The van der Waals surface area contributed by atoms with Crippen LogP contribution in [0.3, 0.4) is 0 Å². The lowest BCUT2D eigenvalue weighted by molar-refractivity contribution is 0.584. The van der Waals surface area contributed by atoms with Gasteiger partial charge in [-0.1, -0.05) is 48.5 Å². The van der Waals surface area contributed by atoms with Gasteiger partial charge in [0, 0.05) is 0 Å². The zero-order valence-corrected chi connectivity index (χ0v) is 16.6. The van der Waals surface area contributed by atoms with E-state index in [0.29, 0.717) is 9.63 Å².